The number of pyridine rings is 1. The molecular formula is C24H28N2OS. The Morgan fingerprint density at radius 1 is 1.32 bits per heavy atom. The molecule has 1 atom stereocenters. The third kappa shape index (κ3) is 4.47. The Kier molecular flexibility index (Phi) is 6.25. The van der Waals surface area contributed by atoms with Crippen LogP contribution in [0.3, 0.4) is 0 Å². The zero-order chi connectivity index (χ0) is 20.3. The molecule has 0 amide bonds. The minimum atomic E-state index is 0.0677. The molecule has 0 saturated heterocycles. The predicted molar refractivity (Wildman–Crippen MR) is 115 cm³/mol. The first-order chi connectivity index (χ1) is 13.3. The molecule has 0 N–H and O–H groups in total. The second kappa shape index (κ2) is 8.49. The van der Waals surface area contributed by atoms with Gasteiger partial charge in [-0.25, -0.2) is 4.98 Å². The van der Waals surface area contributed by atoms with Crippen LogP contribution in [-0.2, 0) is 12.8 Å². The lowest BCUT2D eigenvalue weighted by Crippen LogP contribution is -2.29. The number of thioether (sulfide) groups is 1. The average Bonchev–Trinajstić information content (AvgIpc) is 2.71. The molecule has 4 heteroatoms. The Morgan fingerprint density at radius 2 is 2.04 bits per heavy atom. The van der Waals surface area contributed by atoms with Crippen molar-refractivity contribution in [1.29, 1.82) is 5.26 Å². The number of hydrogen-bond acceptors (Lipinski definition) is 4. The number of carbonyl (C=O) groups is 1. The van der Waals surface area contributed by atoms with E-state index in [1.165, 1.54) is 17.3 Å². The van der Waals surface area contributed by atoms with Crippen LogP contribution in [0, 0.1) is 29.6 Å². The molecule has 1 aliphatic carbocycles. The fourth-order valence-electron chi connectivity index (χ4n) is 3.75. The zero-order valence-electron chi connectivity index (χ0n) is 17.2. The van der Waals surface area contributed by atoms with Crippen molar-refractivity contribution < 1.29 is 4.79 Å². The number of ketones is 1. The van der Waals surface area contributed by atoms with E-state index >= 15 is 0 Å². The summed E-state index contributed by atoms with van der Waals surface area (Å²) in [7, 11) is 0. The van der Waals surface area contributed by atoms with E-state index in [1.807, 2.05) is 37.3 Å². The minimum absolute atomic E-state index is 0.0677. The average molecular weight is 393 g/mol. The maximum Gasteiger partial charge on any atom is 0.173 e. The van der Waals surface area contributed by atoms with E-state index in [4.69, 9.17) is 4.98 Å². The highest BCUT2D eigenvalue weighted by molar-refractivity contribution is 8.00. The molecule has 1 aromatic heterocycles. The van der Waals surface area contributed by atoms with Gasteiger partial charge in [0.05, 0.1) is 11.3 Å². The first-order valence-electron chi connectivity index (χ1n) is 9.99. The number of nitrogens with zero attached hydrogens (tertiary/aromatic N) is 2. The summed E-state index contributed by atoms with van der Waals surface area (Å²) in [6.45, 7) is 8.93. The number of hydrogen-bond donors (Lipinski definition) is 0. The number of benzene rings is 1. The van der Waals surface area contributed by atoms with Crippen LogP contribution in [0.25, 0.3) is 0 Å². The van der Waals surface area contributed by atoms with E-state index in [0.29, 0.717) is 33.2 Å². The number of aryl methyl sites for hydroxylation is 2. The minimum Gasteiger partial charge on any atom is -0.293 e. The molecule has 0 fully saturated rings. The van der Waals surface area contributed by atoms with Crippen molar-refractivity contribution in [2.24, 2.45) is 11.3 Å². The van der Waals surface area contributed by atoms with Crippen LogP contribution < -0.4 is 0 Å². The Balaban J connectivity index is 1.76. The van der Waals surface area contributed by atoms with Gasteiger partial charge in [-0.05, 0) is 49.1 Å². The molecule has 3 nitrogen and oxygen atoms in total. The van der Waals surface area contributed by atoms with Crippen molar-refractivity contribution in [1.82, 2.24) is 4.98 Å². The van der Waals surface area contributed by atoms with E-state index in [9.17, 15) is 10.1 Å². The van der Waals surface area contributed by atoms with E-state index in [0.717, 1.165) is 36.9 Å². The van der Waals surface area contributed by atoms with Gasteiger partial charge in [-0.3, -0.25) is 4.79 Å². The molecule has 28 heavy (non-hydrogen) atoms. The number of nitriles is 1. The van der Waals surface area contributed by atoms with Gasteiger partial charge in [0.1, 0.15) is 11.1 Å². The standard InChI is InChI=1S/C24H28N2OS/c1-5-24(3,4)20-10-11-21-18(13-20)12-19(14-25)23(26-21)28-15-22(27)17-8-6-16(2)7-9-17/h6-9,12,20H,5,10-11,13,15H2,1-4H3. The van der Waals surface area contributed by atoms with Crippen molar-refractivity contribution in [2.45, 2.75) is 58.4 Å². The molecule has 1 unspecified atom stereocenters. The summed E-state index contributed by atoms with van der Waals surface area (Å²) in [6.07, 6.45) is 4.24. The van der Waals surface area contributed by atoms with Crippen molar-refractivity contribution in [3.63, 3.8) is 0 Å². The van der Waals surface area contributed by atoms with Crippen LogP contribution in [0.1, 0.15) is 66.4 Å². The summed E-state index contributed by atoms with van der Waals surface area (Å²) in [5.74, 6) is 0.993. The zero-order valence-corrected chi connectivity index (χ0v) is 18.0. The quantitative estimate of drug-likeness (QED) is 0.462. The third-order valence-electron chi connectivity index (χ3n) is 6.20. The van der Waals surface area contributed by atoms with Crippen LogP contribution in [0.15, 0.2) is 35.4 Å². The van der Waals surface area contributed by atoms with Crippen molar-refractivity contribution in [2.75, 3.05) is 5.75 Å². The van der Waals surface area contributed by atoms with E-state index in [1.54, 1.807) is 0 Å². The number of rotatable bonds is 6. The molecule has 0 spiro atoms. The summed E-state index contributed by atoms with van der Waals surface area (Å²) in [4.78, 5) is 17.3. The summed E-state index contributed by atoms with van der Waals surface area (Å²) < 4.78 is 0. The van der Waals surface area contributed by atoms with Crippen LogP contribution >= 0.6 is 11.8 Å². The smallest absolute Gasteiger partial charge is 0.173 e. The number of fused-ring (bicyclic) bond motifs is 1. The molecule has 1 aromatic carbocycles. The molecule has 146 valence electrons. The highest BCUT2D eigenvalue weighted by Crippen LogP contribution is 2.40. The topological polar surface area (TPSA) is 53.8 Å². The first-order valence-corrected chi connectivity index (χ1v) is 11.0. The fourth-order valence-corrected chi connectivity index (χ4v) is 4.62. The number of carbonyl (C=O) groups excluding carboxylic acids is 1. The molecule has 2 aromatic rings. The van der Waals surface area contributed by atoms with E-state index in [-0.39, 0.29) is 5.78 Å². The lowest BCUT2D eigenvalue weighted by molar-refractivity contribution is 0.102. The van der Waals surface area contributed by atoms with Gasteiger partial charge in [-0.2, -0.15) is 5.26 Å². The Morgan fingerprint density at radius 3 is 2.68 bits per heavy atom. The van der Waals surface area contributed by atoms with Crippen molar-refractivity contribution in [3.05, 3.63) is 58.3 Å². The second-order valence-electron chi connectivity index (χ2n) is 8.42. The first kappa shape index (κ1) is 20.6. The molecule has 1 heterocycles. The normalized spacial score (nSPS) is 16.3. The van der Waals surface area contributed by atoms with Gasteiger partial charge in [0.25, 0.3) is 0 Å². The van der Waals surface area contributed by atoms with Crippen LogP contribution in [0.4, 0.5) is 0 Å². The van der Waals surface area contributed by atoms with Crippen molar-refractivity contribution >= 4 is 17.5 Å². The third-order valence-corrected chi connectivity index (χ3v) is 7.19. The lowest BCUT2D eigenvalue weighted by atomic mass is 9.69. The summed E-state index contributed by atoms with van der Waals surface area (Å²) >= 11 is 1.38. The fraction of sp³-hybridized carbons (Fsp3) is 0.458. The second-order valence-corrected chi connectivity index (χ2v) is 9.38. The van der Waals surface area contributed by atoms with Crippen LogP contribution in [-0.4, -0.2) is 16.5 Å². The molecule has 1 aliphatic rings. The van der Waals surface area contributed by atoms with Crippen LogP contribution in [0.5, 0.6) is 0 Å². The maximum atomic E-state index is 12.5. The molecule has 0 aliphatic heterocycles. The Labute approximate surface area is 172 Å². The molecular weight excluding hydrogens is 364 g/mol. The Hall–Kier alpha value is -2.12. The van der Waals surface area contributed by atoms with Gasteiger partial charge in [-0.15, -0.1) is 0 Å². The Bertz CT molecular complexity index is 909. The lowest BCUT2D eigenvalue weighted by Gasteiger charge is -2.37. The largest absolute Gasteiger partial charge is 0.293 e. The molecule has 0 saturated carbocycles. The molecule has 0 bridgehead atoms. The number of aromatic nitrogens is 1. The SMILES string of the molecule is CCC(C)(C)C1CCc2nc(SCC(=O)c3ccc(C)cc3)c(C#N)cc2C1. The highest BCUT2D eigenvalue weighted by atomic mass is 32.2. The van der Waals surface area contributed by atoms with Gasteiger partial charge in [0, 0.05) is 11.3 Å². The van der Waals surface area contributed by atoms with E-state index in [2.05, 4.69) is 26.8 Å². The highest BCUT2D eigenvalue weighted by Gasteiger charge is 2.32. The molecule has 3 rings (SSSR count). The monoisotopic (exact) mass is 392 g/mol. The van der Waals surface area contributed by atoms with Crippen molar-refractivity contribution in [3.8, 4) is 6.07 Å². The van der Waals surface area contributed by atoms with Gasteiger partial charge in [0.15, 0.2) is 5.78 Å². The van der Waals surface area contributed by atoms with Gasteiger partial charge < -0.3 is 0 Å². The van der Waals surface area contributed by atoms with Gasteiger partial charge in [-0.1, -0.05) is 68.8 Å². The van der Waals surface area contributed by atoms with Gasteiger partial charge >= 0.3 is 0 Å². The maximum absolute atomic E-state index is 12.5. The predicted octanol–water partition coefficient (Wildman–Crippen LogP) is 5.78. The number of Topliss-reactive ketones (excluding diaryl/α,β-unsaturated/α-hetero) is 1. The summed E-state index contributed by atoms with van der Waals surface area (Å²) in [5.41, 5.74) is 5.06. The summed E-state index contributed by atoms with van der Waals surface area (Å²) in [6, 6.07) is 11.9. The van der Waals surface area contributed by atoms with E-state index < -0.39 is 0 Å². The molecule has 0 radical (unpaired) electrons. The van der Waals surface area contributed by atoms with Gasteiger partial charge in [0.2, 0.25) is 0 Å². The summed E-state index contributed by atoms with van der Waals surface area (Å²) in [5, 5.41) is 10.3. The van der Waals surface area contributed by atoms with Crippen LogP contribution in [0.2, 0.25) is 0 Å².